The highest BCUT2D eigenvalue weighted by Gasteiger charge is 2.18. The minimum Gasteiger partial charge on any atom is -0.279 e. The van der Waals surface area contributed by atoms with E-state index in [0.29, 0.717) is 5.69 Å². The number of fused-ring (bicyclic) bond motifs is 1. The van der Waals surface area contributed by atoms with Crippen LogP contribution in [0.25, 0.3) is 15.5 Å². The minimum atomic E-state index is -3.67. The smallest absolute Gasteiger partial charge is 0.261 e. The van der Waals surface area contributed by atoms with Crippen molar-refractivity contribution in [2.45, 2.75) is 32.1 Å². The molecular weight excluding hydrogens is 394 g/mol. The van der Waals surface area contributed by atoms with Crippen LogP contribution in [0, 0.1) is 13.8 Å². The van der Waals surface area contributed by atoms with E-state index >= 15 is 0 Å². The molecule has 144 valence electrons. The Morgan fingerprint density at radius 3 is 2.54 bits per heavy atom. The van der Waals surface area contributed by atoms with E-state index in [2.05, 4.69) is 20.0 Å². The minimum absolute atomic E-state index is 0.231. The molecule has 4 rings (SSSR count). The van der Waals surface area contributed by atoms with Crippen LogP contribution in [0.15, 0.2) is 47.4 Å². The van der Waals surface area contributed by atoms with Crippen LogP contribution in [0.5, 0.6) is 0 Å². The van der Waals surface area contributed by atoms with Crippen LogP contribution in [0.4, 0.5) is 5.69 Å². The normalized spacial score (nSPS) is 11.8. The molecule has 0 aliphatic rings. The largest absolute Gasteiger partial charge is 0.279 e. The van der Waals surface area contributed by atoms with Crippen LogP contribution in [-0.2, 0) is 16.4 Å². The lowest BCUT2D eigenvalue weighted by Crippen LogP contribution is -2.14. The highest BCUT2D eigenvalue weighted by atomic mass is 32.2. The van der Waals surface area contributed by atoms with E-state index in [1.54, 1.807) is 34.8 Å². The second kappa shape index (κ2) is 6.99. The molecule has 2 aromatic heterocycles. The molecule has 0 radical (unpaired) electrons. The molecule has 0 atom stereocenters. The Bertz CT molecular complexity index is 1260. The summed E-state index contributed by atoms with van der Waals surface area (Å²) in [6.07, 6.45) is 0.736. The van der Waals surface area contributed by atoms with Gasteiger partial charge in [-0.3, -0.25) is 4.72 Å². The van der Waals surface area contributed by atoms with E-state index in [-0.39, 0.29) is 4.90 Å². The zero-order valence-corrected chi connectivity index (χ0v) is 17.3. The molecule has 0 saturated heterocycles. The molecule has 2 aromatic carbocycles. The molecule has 0 spiro atoms. The third-order valence-electron chi connectivity index (χ3n) is 4.51. The maximum absolute atomic E-state index is 12.7. The van der Waals surface area contributed by atoms with Crippen molar-refractivity contribution in [3.63, 3.8) is 0 Å². The predicted molar refractivity (Wildman–Crippen MR) is 110 cm³/mol. The van der Waals surface area contributed by atoms with Gasteiger partial charge in [0.25, 0.3) is 10.0 Å². The molecule has 1 N–H and O–H groups in total. The Labute approximate surface area is 167 Å². The highest BCUT2D eigenvalue weighted by molar-refractivity contribution is 7.92. The Hall–Kier alpha value is -2.78. The summed E-state index contributed by atoms with van der Waals surface area (Å²) >= 11 is 1.43. The number of sulfonamides is 1. The van der Waals surface area contributed by atoms with Crippen molar-refractivity contribution >= 4 is 32.0 Å². The number of nitrogens with zero attached hydrogens (tertiary/aromatic N) is 4. The van der Waals surface area contributed by atoms with Crippen LogP contribution in [-0.4, -0.2) is 28.2 Å². The van der Waals surface area contributed by atoms with Gasteiger partial charge in [-0.2, -0.15) is 9.61 Å². The molecule has 0 amide bonds. The van der Waals surface area contributed by atoms with Crippen LogP contribution in [0.2, 0.25) is 0 Å². The molecule has 0 saturated carbocycles. The van der Waals surface area contributed by atoms with E-state index in [9.17, 15) is 8.42 Å². The van der Waals surface area contributed by atoms with E-state index in [1.807, 2.05) is 32.9 Å². The quantitative estimate of drug-likeness (QED) is 0.537. The van der Waals surface area contributed by atoms with Crippen LogP contribution in [0.1, 0.15) is 23.9 Å². The van der Waals surface area contributed by atoms with Crippen LogP contribution < -0.4 is 4.72 Å². The zero-order chi connectivity index (χ0) is 19.9. The van der Waals surface area contributed by atoms with Gasteiger partial charge < -0.3 is 0 Å². The number of hydrogen-bond acceptors (Lipinski definition) is 6. The number of anilines is 1. The van der Waals surface area contributed by atoms with Gasteiger partial charge in [0, 0.05) is 12.0 Å². The Morgan fingerprint density at radius 1 is 1.07 bits per heavy atom. The molecule has 28 heavy (non-hydrogen) atoms. The molecule has 0 fully saturated rings. The fourth-order valence-electron chi connectivity index (χ4n) is 2.89. The molecule has 2 heterocycles. The van der Waals surface area contributed by atoms with Gasteiger partial charge in [0.15, 0.2) is 5.82 Å². The van der Waals surface area contributed by atoms with Crippen molar-refractivity contribution < 1.29 is 8.42 Å². The fraction of sp³-hybridized carbons (Fsp3) is 0.211. The van der Waals surface area contributed by atoms with Crippen molar-refractivity contribution in [2.24, 2.45) is 0 Å². The third kappa shape index (κ3) is 3.27. The molecule has 0 aliphatic carbocycles. The molecular formula is C19H19N5O2S2. The Balaban J connectivity index is 1.71. The average molecular weight is 414 g/mol. The van der Waals surface area contributed by atoms with Gasteiger partial charge in [0.1, 0.15) is 5.01 Å². The monoisotopic (exact) mass is 413 g/mol. The lowest BCUT2D eigenvalue weighted by atomic mass is 10.1. The summed E-state index contributed by atoms with van der Waals surface area (Å²) < 4.78 is 29.9. The van der Waals surface area contributed by atoms with Gasteiger partial charge >= 0.3 is 0 Å². The molecule has 4 aromatic rings. The topological polar surface area (TPSA) is 89.2 Å². The summed E-state index contributed by atoms with van der Waals surface area (Å²) in [6, 6.07) is 12.3. The number of aromatic nitrogens is 4. The summed E-state index contributed by atoms with van der Waals surface area (Å²) in [4.78, 5) is 0.950. The lowest BCUT2D eigenvalue weighted by molar-refractivity contribution is 0.601. The first-order valence-corrected chi connectivity index (χ1v) is 11.1. The van der Waals surface area contributed by atoms with Crippen molar-refractivity contribution in [3.05, 3.63) is 59.4 Å². The number of nitrogens with one attached hydrogen (secondary N) is 1. The highest BCUT2D eigenvalue weighted by Crippen LogP contribution is 2.32. The Morgan fingerprint density at radius 2 is 1.82 bits per heavy atom. The average Bonchev–Trinajstić information content (AvgIpc) is 3.24. The van der Waals surface area contributed by atoms with E-state index in [0.717, 1.165) is 38.9 Å². The molecule has 0 aliphatic heterocycles. The van der Waals surface area contributed by atoms with Crippen LogP contribution in [0.3, 0.4) is 0 Å². The first kappa shape index (κ1) is 18.6. The maximum Gasteiger partial charge on any atom is 0.261 e. The van der Waals surface area contributed by atoms with Gasteiger partial charge in [-0.25, -0.2) is 8.42 Å². The second-order valence-corrected chi connectivity index (χ2v) is 9.11. The number of hydrogen-bond donors (Lipinski definition) is 1. The molecule has 0 unspecified atom stereocenters. The molecule has 9 heteroatoms. The fourth-order valence-corrected chi connectivity index (χ4v) is 4.95. The van der Waals surface area contributed by atoms with E-state index < -0.39 is 10.0 Å². The molecule has 7 nitrogen and oxygen atoms in total. The Kier molecular flexibility index (Phi) is 4.64. The van der Waals surface area contributed by atoms with Gasteiger partial charge in [0.05, 0.1) is 10.6 Å². The summed E-state index contributed by atoms with van der Waals surface area (Å²) in [5.41, 5.74) is 3.20. The van der Waals surface area contributed by atoms with E-state index in [1.165, 1.54) is 11.3 Å². The second-order valence-electron chi connectivity index (χ2n) is 6.47. The summed E-state index contributed by atoms with van der Waals surface area (Å²) in [5, 5.41) is 13.6. The van der Waals surface area contributed by atoms with Gasteiger partial charge in [0.2, 0.25) is 4.96 Å². The summed E-state index contributed by atoms with van der Waals surface area (Å²) in [5.74, 6) is 0.798. The standard InChI is InChI=1S/C19H19N5O2S2/c1-4-17-20-21-19-24(17)22-18(27-19)15-6-5-7-16(13(15)3)23-28(25,26)14-10-8-12(2)9-11-14/h5-11,23H,4H2,1-3H3. The number of benzene rings is 2. The zero-order valence-electron chi connectivity index (χ0n) is 15.7. The first-order chi connectivity index (χ1) is 13.4. The summed E-state index contributed by atoms with van der Waals surface area (Å²) in [6.45, 7) is 5.80. The SMILES string of the molecule is CCc1nnc2sc(-c3cccc(NS(=O)(=O)c4ccc(C)cc4)c3C)nn12. The van der Waals surface area contributed by atoms with Crippen molar-refractivity contribution in [1.29, 1.82) is 0 Å². The van der Waals surface area contributed by atoms with E-state index in [4.69, 9.17) is 0 Å². The maximum atomic E-state index is 12.7. The van der Waals surface area contributed by atoms with Crippen molar-refractivity contribution in [1.82, 2.24) is 19.8 Å². The number of aryl methyl sites for hydroxylation is 2. The number of rotatable bonds is 5. The van der Waals surface area contributed by atoms with Crippen LogP contribution >= 0.6 is 11.3 Å². The summed E-state index contributed by atoms with van der Waals surface area (Å²) in [7, 11) is -3.67. The van der Waals surface area contributed by atoms with Gasteiger partial charge in [-0.1, -0.05) is 48.1 Å². The van der Waals surface area contributed by atoms with Gasteiger partial charge in [-0.15, -0.1) is 10.2 Å². The van der Waals surface area contributed by atoms with Gasteiger partial charge in [-0.05, 0) is 37.6 Å². The van der Waals surface area contributed by atoms with Crippen molar-refractivity contribution in [2.75, 3.05) is 4.72 Å². The molecule has 0 bridgehead atoms. The van der Waals surface area contributed by atoms with Crippen molar-refractivity contribution in [3.8, 4) is 10.6 Å². The predicted octanol–water partition coefficient (Wildman–Crippen LogP) is 3.83. The lowest BCUT2D eigenvalue weighted by Gasteiger charge is -2.13. The third-order valence-corrected chi connectivity index (χ3v) is 6.82. The first-order valence-electron chi connectivity index (χ1n) is 8.79.